The van der Waals surface area contributed by atoms with E-state index in [0.717, 1.165) is 83.7 Å². The second-order valence-electron chi connectivity index (χ2n) is 12.3. The lowest BCUT2D eigenvalue weighted by atomic mass is 9.77. The molecule has 7 unspecified atom stereocenters. The maximum absolute atomic E-state index is 13.8. The molecule has 0 aromatic carbocycles. The van der Waals surface area contributed by atoms with Crippen LogP contribution in [0.25, 0.3) is 0 Å². The summed E-state index contributed by atoms with van der Waals surface area (Å²) < 4.78 is 5.87. The molecule has 2 amide bonds. The van der Waals surface area contributed by atoms with Crippen LogP contribution in [-0.2, 0) is 14.3 Å². The van der Waals surface area contributed by atoms with E-state index in [2.05, 4.69) is 15.5 Å². The molecule has 9 nitrogen and oxygen atoms in total. The Hall–Kier alpha value is -1.71. The third-order valence-electron chi connectivity index (χ3n) is 10.1. The van der Waals surface area contributed by atoms with Gasteiger partial charge in [0.25, 0.3) is 0 Å². The highest BCUT2D eigenvalue weighted by molar-refractivity contribution is 5.83. The zero-order valence-electron chi connectivity index (χ0n) is 21.6. The molecule has 7 N–H and O–H groups in total. The number of hydrogen-bond acceptors (Lipinski definition) is 6. The van der Waals surface area contributed by atoms with E-state index in [-0.39, 0.29) is 41.8 Å². The first-order valence-corrected chi connectivity index (χ1v) is 14.4. The fourth-order valence-electron chi connectivity index (χ4n) is 8.00. The number of hydrogen-bond donors (Lipinski definition) is 5. The fourth-order valence-corrected chi connectivity index (χ4v) is 8.00. The number of carbonyl (C=O) groups excluding carboxylic acids is 2. The first-order valence-electron chi connectivity index (χ1n) is 14.4. The molecule has 2 heterocycles. The molecule has 3 aliphatic carbocycles. The zero-order valence-corrected chi connectivity index (χ0v) is 21.6. The molecule has 9 heteroatoms. The number of likely N-dealkylation sites (tertiary alicyclic amines) is 1. The van der Waals surface area contributed by atoms with Crippen LogP contribution in [0.5, 0.6) is 0 Å². The summed E-state index contributed by atoms with van der Waals surface area (Å²) in [5.41, 5.74) is 11.5. The average molecular weight is 503 g/mol. The number of nitrogens with one attached hydrogen (secondary N) is 3. The van der Waals surface area contributed by atoms with Crippen LogP contribution in [-0.4, -0.2) is 66.6 Å². The van der Waals surface area contributed by atoms with E-state index < -0.39 is 0 Å². The highest BCUT2D eigenvalue weighted by atomic mass is 16.5. The van der Waals surface area contributed by atoms with Gasteiger partial charge in [0.2, 0.25) is 11.8 Å². The van der Waals surface area contributed by atoms with Crippen LogP contribution in [0.3, 0.4) is 0 Å². The Kier molecular flexibility index (Phi) is 8.17. The molecule has 0 aromatic rings. The number of fused-ring (bicyclic) bond motifs is 1. The van der Waals surface area contributed by atoms with Crippen molar-refractivity contribution in [2.24, 2.45) is 41.1 Å². The van der Waals surface area contributed by atoms with Gasteiger partial charge in [0.1, 0.15) is 0 Å². The van der Waals surface area contributed by atoms with Crippen molar-refractivity contribution in [2.75, 3.05) is 19.8 Å². The summed E-state index contributed by atoms with van der Waals surface area (Å²) >= 11 is 0. The predicted molar refractivity (Wildman–Crippen MR) is 138 cm³/mol. The van der Waals surface area contributed by atoms with Gasteiger partial charge in [-0.1, -0.05) is 6.42 Å². The summed E-state index contributed by atoms with van der Waals surface area (Å²) in [5, 5.41) is 14.8. The van der Waals surface area contributed by atoms with E-state index in [1.54, 1.807) is 0 Å². The van der Waals surface area contributed by atoms with Gasteiger partial charge in [-0.15, -0.1) is 0 Å². The van der Waals surface area contributed by atoms with Crippen molar-refractivity contribution < 1.29 is 14.3 Å². The van der Waals surface area contributed by atoms with Crippen LogP contribution < -0.4 is 22.1 Å². The highest BCUT2D eigenvalue weighted by Gasteiger charge is 2.48. The molecular weight excluding hydrogens is 456 g/mol. The number of amides is 2. The van der Waals surface area contributed by atoms with Gasteiger partial charge in [0.05, 0.1) is 24.7 Å². The van der Waals surface area contributed by atoms with E-state index in [0.29, 0.717) is 36.4 Å². The number of carbonyl (C=O) groups is 2. The van der Waals surface area contributed by atoms with Gasteiger partial charge in [-0.2, -0.15) is 0 Å². The van der Waals surface area contributed by atoms with Gasteiger partial charge in [-0.05, 0) is 88.4 Å². The second kappa shape index (κ2) is 11.4. The van der Waals surface area contributed by atoms with Crippen molar-refractivity contribution in [3.8, 4) is 0 Å². The van der Waals surface area contributed by atoms with Crippen molar-refractivity contribution in [2.45, 2.75) is 101 Å². The SMILES string of the molecule is N=C(N)C1CCC2CC(C(=O)NC3CCCC(C4CNCO4)C3)N(CC3CCC(C(N)=O)CC3)C2C1. The number of ether oxygens (including phenoxy) is 1. The van der Waals surface area contributed by atoms with Gasteiger partial charge in [0, 0.05) is 37.0 Å². The second-order valence-corrected chi connectivity index (χ2v) is 12.3. The fraction of sp³-hybridized carbons (Fsp3) is 0.889. The number of amidine groups is 1. The minimum Gasteiger partial charge on any atom is -0.387 e. The molecule has 2 saturated heterocycles. The lowest BCUT2D eigenvalue weighted by Crippen LogP contribution is -2.52. The molecule has 36 heavy (non-hydrogen) atoms. The van der Waals surface area contributed by atoms with Gasteiger partial charge in [0.15, 0.2) is 0 Å². The molecular formula is C27H46N6O3. The maximum Gasteiger partial charge on any atom is 0.237 e. The lowest BCUT2D eigenvalue weighted by Gasteiger charge is -2.40. The van der Waals surface area contributed by atoms with Crippen LogP contribution in [0.2, 0.25) is 0 Å². The summed E-state index contributed by atoms with van der Waals surface area (Å²) in [4.78, 5) is 27.9. The van der Waals surface area contributed by atoms with Gasteiger partial charge < -0.3 is 21.5 Å². The van der Waals surface area contributed by atoms with Gasteiger partial charge in [-0.3, -0.25) is 25.2 Å². The Labute approximate surface area is 215 Å². The molecule has 5 rings (SSSR count). The number of nitrogens with two attached hydrogens (primary N) is 2. The van der Waals surface area contributed by atoms with Crippen molar-refractivity contribution in [1.29, 1.82) is 5.41 Å². The molecule has 0 aromatic heterocycles. The highest BCUT2D eigenvalue weighted by Crippen LogP contribution is 2.43. The zero-order chi connectivity index (χ0) is 25.2. The molecule has 3 saturated carbocycles. The van der Waals surface area contributed by atoms with Crippen molar-refractivity contribution in [3.05, 3.63) is 0 Å². The summed E-state index contributed by atoms with van der Waals surface area (Å²) in [6.45, 7) is 2.45. The predicted octanol–water partition coefficient (Wildman–Crippen LogP) is 1.69. The molecule has 5 fully saturated rings. The Balaban J connectivity index is 1.24. The van der Waals surface area contributed by atoms with Crippen LogP contribution >= 0.6 is 0 Å². The van der Waals surface area contributed by atoms with E-state index >= 15 is 0 Å². The Bertz CT molecular complexity index is 809. The largest absolute Gasteiger partial charge is 0.387 e. The maximum atomic E-state index is 13.8. The van der Waals surface area contributed by atoms with Gasteiger partial charge >= 0.3 is 0 Å². The normalized spacial score (nSPS) is 41.5. The molecule has 5 aliphatic rings. The van der Waals surface area contributed by atoms with Crippen LogP contribution in [0, 0.1) is 35.0 Å². The third-order valence-corrected chi connectivity index (χ3v) is 10.1. The smallest absolute Gasteiger partial charge is 0.237 e. The van der Waals surface area contributed by atoms with Crippen LogP contribution in [0.1, 0.15) is 77.0 Å². The minimum absolute atomic E-state index is 0.00161. The molecule has 0 radical (unpaired) electrons. The topological polar surface area (TPSA) is 147 Å². The Morgan fingerprint density at radius 3 is 2.42 bits per heavy atom. The molecule has 0 bridgehead atoms. The van der Waals surface area contributed by atoms with Crippen LogP contribution in [0.15, 0.2) is 0 Å². The van der Waals surface area contributed by atoms with Crippen LogP contribution in [0.4, 0.5) is 0 Å². The first kappa shape index (κ1) is 25.9. The van der Waals surface area contributed by atoms with E-state index in [1.807, 2.05) is 0 Å². The lowest BCUT2D eigenvalue weighted by molar-refractivity contribution is -0.127. The number of rotatable bonds is 7. The number of nitrogens with zero attached hydrogens (tertiary/aromatic N) is 1. The summed E-state index contributed by atoms with van der Waals surface area (Å²) in [7, 11) is 0. The summed E-state index contributed by atoms with van der Waals surface area (Å²) in [6.07, 6.45) is 12.1. The van der Waals surface area contributed by atoms with Crippen molar-refractivity contribution >= 4 is 17.6 Å². The van der Waals surface area contributed by atoms with Crippen molar-refractivity contribution in [3.63, 3.8) is 0 Å². The third kappa shape index (κ3) is 5.73. The molecule has 0 spiro atoms. The first-order chi connectivity index (χ1) is 17.4. The molecule has 7 atom stereocenters. The van der Waals surface area contributed by atoms with E-state index in [4.69, 9.17) is 21.6 Å². The molecule has 202 valence electrons. The average Bonchev–Trinajstić information content (AvgIpc) is 3.53. The quantitative estimate of drug-likeness (QED) is 0.264. The standard InChI is InChI=1S/C27H46N6O3/c28-25(29)20-9-8-18-11-23(27(35)32-21-3-1-2-19(10-21)24-13-31-15-36-24)33(22(18)12-20)14-16-4-6-17(7-5-16)26(30)34/h16-24,31H,1-15H2,(H3,28,29)(H2,30,34)(H,32,35). The Morgan fingerprint density at radius 1 is 0.944 bits per heavy atom. The Morgan fingerprint density at radius 2 is 1.72 bits per heavy atom. The van der Waals surface area contributed by atoms with Gasteiger partial charge in [-0.25, -0.2) is 0 Å². The van der Waals surface area contributed by atoms with Crippen molar-refractivity contribution in [1.82, 2.24) is 15.5 Å². The summed E-state index contributed by atoms with van der Waals surface area (Å²) in [6, 6.07) is 0.430. The number of primary amides is 1. The molecule has 2 aliphatic heterocycles. The summed E-state index contributed by atoms with van der Waals surface area (Å²) in [5.74, 6) is 1.92. The monoisotopic (exact) mass is 502 g/mol. The van der Waals surface area contributed by atoms with E-state index in [1.165, 1.54) is 6.42 Å². The minimum atomic E-state index is -0.173. The van der Waals surface area contributed by atoms with E-state index in [9.17, 15) is 9.59 Å².